The number of hydrogen-bond donors (Lipinski definition) is 5. The lowest BCUT2D eigenvalue weighted by atomic mass is 9.35. The maximum absolute atomic E-state index is 12.3. The zero-order valence-electron chi connectivity index (χ0n) is 27.8. The second kappa shape index (κ2) is 11.1. The fourth-order valence-electron chi connectivity index (χ4n) is 12.3. The summed E-state index contributed by atoms with van der Waals surface area (Å²) in [4.78, 5) is 0. The molecule has 5 fully saturated rings. The van der Waals surface area contributed by atoms with Crippen molar-refractivity contribution in [3.05, 3.63) is 11.6 Å². The van der Waals surface area contributed by atoms with Crippen LogP contribution in [-0.4, -0.2) is 68.8 Å². The molecule has 1 aliphatic heterocycles. The number of rotatable bonds is 6. The fourth-order valence-corrected chi connectivity index (χ4v) is 12.3. The lowest BCUT2D eigenvalue weighted by Crippen LogP contribution is -2.67. The molecule has 5 N–H and O–H groups in total. The average Bonchev–Trinajstić information content (AvgIpc) is 3.28. The molecule has 0 radical (unpaired) electrons. The Hall–Kier alpha value is -0.500. The third-order valence-electron chi connectivity index (χ3n) is 14.9. The van der Waals surface area contributed by atoms with Crippen LogP contribution in [-0.2, 0) is 4.74 Å². The SMILES string of the molecule is CC(C)=CCC[C@@](C)(C1CC[C@]2(C)C1[C@H](O)CC1[C@@]3(C)CC[C@H](O)C(C)(C)C3CC[C@]12C)C1OC(CO)[C@@H](O)CC1O. The molecule has 1 heterocycles. The summed E-state index contributed by atoms with van der Waals surface area (Å²) in [5.74, 6) is 1.09. The number of fused-ring (bicyclic) bond motifs is 5. The summed E-state index contributed by atoms with van der Waals surface area (Å²) in [6.45, 7) is 18.2. The van der Waals surface area contributed by atoms with E-state index in [0.29, 0.717) is 11.8 Å². The molecule has 0 aromatic rings. The van der Waals surface area contributed by atoms with Crippen LogP contribution in [0, 0.1) is 50.7 Å². The highest BCUT2D eigenvalue weighted by atomic mass is 16.5. The number of ether oxygens (including phenoxy) is 1. The van der Waals surface area contributed by atoms with Crippen molar-refractivity contribution in [3.63, 3.8) is 0 Å². The molecule has 0 aromatic heterocycles. The van der Waals surface area contributed by atoms with Gasteiger partial charge in [-0.2, -0.15) is 0 Å². The monoisotopic (exact) mass is 590 g/mol. The molecule has 7 unspecified atom stereocenters. The van der Waals surface area contributed by atoms with Gasteiger partial charge in [0.1, 0.15) is 6.10 Å². The van der Waals surface area contributed by atoms with Gasteiger partial charge in [0, 0.05) is 6.42 Å². The van der Waals surface area contributed by atoms with Gasteiger partial charge >= 0.3 is 0 Å². The smallest absolute Gasteiger partial charge is 0.107 e. The Kier molecular flexibility index (Phi) is 8.68. The van der Waals surface area contributed by atoms with Crippen molar-refractivity contribution in [2.24, 2.45) is 50.7 Å². The van der Waals surface area contributed by atoms with E-state index < -0.39 is 35.9 Å². The zero-order valence-corrected chi connectivity index (χ0v) is 27.8. The first-order valence-corrected chi connectivity index (χ1v) is 17.1. The standard InChI is InChI=1S/C36H62O6/c1-21(2)10-9-14-33(5,31-25(40)18-23(38)26(20-37)42-31)22-11-16-36(8)30(22)24(39)19-28-34(6)15-13-29(41)32(3,4)27(34)12-17-35(28,36)7/h10,22-31,37-41H,9,11-20H2,1-8H3/t22?,23-,24+,25?,26?,27?,28?,29-,30?,31?,33-,34-,35+,36+/m0/s1. The molecule has 4 aliphatic carbocycles. The Morgan fingerprint density at radius 3 is 2.14 bits per heavy atom. The molecule has 6 nitrogen and oxygen atoms in total. The van der Waals surface area contributed by atoms with E-state index in [0.717, 1.165) is 57.8 Å². The molecule has 6 heteroatoms. The summed E-state index contributed by atoms with van der Waals surface area (Å²) >= 11 is 0. The first-order valence-electron chi connectivity index (χ1n) is 17.1. The maximum Gasteiger partial charge on any atom is 0.107 e. The molecule has 242 valence electrons. The Labute approximate surface area is 255 Å². The minimum absolute atomic E-state index is 0.0541. The van der Waals surface area contributed by atoms with Crippen LogP contribution in [0.25, 0.3) is 0 Å². The lowest BCUT2D eigenvalue weighted by Gasteiger charge is -2.70. The molecular weight excluding hydrogens is 528 g/mol. The second-order valence-corrected chi connectivity index (χ2v) is 17.3. The largest absolute Gasteiger partial charge is 0.394 e. The van der Waals surface area contributed by atoms with E-state index in [1.165, 1.54) is 5.57 Å². The van der Waals surface area contributed by atoms with Crippen molar-refractivity contribution in [2.75, 3.05) is 6.61 Å². The van der Waals surface area contributed by atoms with Crippen molar-refractivity contribution in [1.29, 1.82) is 0 Å². The first-order chi connectivity index (χ1) is 19.5. The van der Waals surface area contributed by atoms with Gasteiger partial charge in [-0.15, -0.1) is 0 Å². The van der Waals surface area contributed by atoms with Crippen LogP contribution in [0.3, 0.4) is 0 Å². The van der Waals surface area contributed by atoms with Gasteiger partial charge < -0.3 is 30.3 Å². The average molecular weight is 591 g/mol. The summed E-state index contributed by atoms with van der Waals surface area (Å²) in [5.41, 5.74) is 0.821. The van der Waals surface area contributed by atoms with Gasteiger partial charge in [0.05, 0.1) is 37.1 Å². The maximum atomic E-state index is 12.3. The van der Waals surface area contributed by atoms with Crippen LogP contribution in [0.4, 0.5) is 0 Å². The highest BCUT2D eigenvalue weighted by Crippen LogP contribution is 2.76. The van der Waals surface area contributed by atoms with E-state index in [1.807, 2.05) is 0 Å². The molecular formula is C36H62O6. The van der Waals surface area contributed by atoms with E-state index in [9.17, 15) is 25.5 Å². The Morgan fingerprint density at radius 2 is 1.50 bits per heavy atom. The minimum Gasteiger partial charge on any atom is -0.394 e. The fraction of sp³-hybridized carbons (Fsp3) is 0.944. The lowest BCUT2D eigenvalue weighted by molar-refractivity contribution is -0.257. The van der Waals surface area contributed by atoms with Crippen LogP contribution in [0.1, 0.15) is 120 Å². The summed E-state index contributed by atoms with van der Waals surface area (Å²) in [7, 11) is 0. The molecule has 5 rings (SSSR count). The van der Waals surface area contributed by atoms with Crippen LogP contribution in [0.5, 0.6) is 0 Å². The van der Waals surface area contributed by atoms with Gasteiger partial charge in [-0.1, -0.05) is 53.2 Å². The van der Waals surface area contributed by atoms with Crippen LogP contribution >= 0.6 is 0 Å². The number of aliphatic hydroxyl groups excluding tert-OH is 5. The van der Waals surface area contributed by atoms with Crippen molar-refractivity contribution < 1.29 is 30.3 Å². The molecule has 14 atom stereocenters. The summed E-state index contributed by atoms with van der Waals surface area (Å²) in [6.07, 6.45) is 7.45. The summed E-state index contributed by atoms with van der Waals surface area (Å²) < 4.78 is 6.42. The van der Waals surface area contributed by atoms with Crippen LogP contribution < -0.4 is 0 Å². The molecule has 0 bridgehead atoms. The van der Waals surface area contributed by atoms with Crippen molar-refractivity contribution in [2.45, 2.75) is 156 Å². The van der Waals surface area contributed by atoms with Crippen molar-refractivity contribution in [1.82, 2.24) is 0 Å². The predicted octanol–water partition coefficient (Wildman–Crippen LogP) is 5.63. The zero-order chi connectivity index (χ0) is 31.0. The Balaban J connectivity index is 1.52. The number of hydrogen-bond acceptors (Lipinski definition) is 6. The summed E-state index contributed by atoms with van der Waals surface area (Å²) in [6, 6.07) is 0. The molecule has 5 aliphatic rings. The Morgan fingerprint density at radius 1 is 0.833 bits per heavy atom. The van der Waals surface area contributed by atoms with Gasteiger partial charge in [0.15, 0.2) is 0 Å². The topological polar surface area (TPSA) is 110 Å². The molecule has 1 saturated heterocycles. The normalized spacial score (nSPS) is 51.5. The Bertz CT molecular complexity index is 1020. The molecule has 0 amide bonds. The number of allylic oxidation sites excluding steroid dienone is 2. The molecule has 42 heavy (non-hydrogen) atoms. The van der Waals surface area contributed by atoms with Gasteiger partial charge in [-0.05, 0) is 122 Å². The quantitative estimate of drug-likeness (QED) is 0.257. The van der Waals surface area contributed by atoms with E-state index >= 15 is 0 Å². The van der Waals surface area contributed by atoms with Gasteiger partial charge in [0.2, 0.25) is 0 Å². The number of aliphatic hydroxyl groups is 5. The highest BCUT2D eigenvalue weighted by molar-refractivity contribution is 5.20. The van der Waals surface area contributed by atoms with Gasteiger partial charge in [-0.25, -0.2) is 0 Å². The highest BCUT2D eigenvalue weighted by Gasteiger charge is 2.72. The molecule has 4 saturated carbocycles. The predicted molar refractivity (Wildman–Crippen MR) is 166 cm³/mol. The van der Waals surface area contributed by atoms with Gasteiger partial charge in [0.25, 0.3) is 0 Å². The van der Waals surface area contributed by atoms with Crippen LogP contribution in [0.2, 0.25) is 0 Å². The minimum atomic E-state index is -0.883. The third kappa shape index (κ3) is 4.71. The molecule has 0 spiro atoms. The van der Waals surface area contributed by atoms with E-state index in [1.54, 1.807) is 0 Å². The van der Waals surface area contributed by atoms with E-state index in [2.05, 4.69) is 61.5 Å². The molecule has 0 aromatic carbocycles. The summed E-state index contributed by atoms with van der Waals surface area (Å²) in [5, 5.41) is 55.2. The van der Waals surface area contributed by atoms with Crippen molar-refractivity contribution >= 4 is 0 Å². The second-order valence-electron chi connectivity index (χ2n) is 17.3. The third-order valence-corrected chi connectivity index (χ3v) is 14.9. The first kappa shape index (κ1) is 32.9. The van der Waals surface area contributed by atoms with Crippen molar-refractivity contribution in [3.8, 4) is 0 Å². The van der Waals surface area contributed by atoms with E-state index in [4.69, 9.17) is 4.74 Å². The van der Waals surface area contributed by atoms with Crippen LogP contribution in [0.15, 0.2) is 11.6 Å². The van der Waals surface area contributed by atoms with E-state index in [-0.39, 0.29) is 52.6 Å². The van der Waals surface area contributed by atoms with Gasteiger partial charge in [-0.3, -0.25) is 0 Å².